The molecule has 4 nitrogen and oxygen atoms in total. The summed E-state index contributed by atoms with van der Waals surface area (Å²) in [7, 11) is 0. The number of para-hydroxylation sites is 1. The third-order valence-corrected chi connectivity index (χ3v) is 3.14. The summed E-state index contributed by atoms with van der Waals surface area (Å²) >= 11 is 0. The van der Waals surface area contributed by atoms with Gasteiger partial charge in [-0.15, -0.1) is 0 Å². The van der Waals surface area contributed by atoms with Crippen LogP contribution in [-0.2, 0) is 4.79 Å². The topological polar surface area (TPSA) is 41.6 Å². The molecule has 19 heavy (non-hydrogen) atoms. The van der Waals surface area contributed by atoms with Crippen LogP contribution >= 0.6 is 0 Å². The fraction of sp³-hybridized carbons (Fsp3) is 0.462. The number of rotatable bonds is 4. The number of nitrogens with one attached hydrogen (secondary N) is 1. The maximum Gasteiger partial charge on any atom is 0.387 e. The second-order valence-corrected chi connectivity index (χ2v) is 4.33. The highest BCUT2D eigenvalue weighted by Crippen LogP contribution is 2.32. The van der Waals surface area contributed by atoms with Gasteiger partial charge in [0.05, 0.1) is 6.04 Å². The van der Waals surface area contributed by atoms with Crippen molar-refractivity contribution >= 4 is 5.91 Å². The van der Waals surface area contributed by atoms with Crippen LogP contribution in [0, 0.1) is 0 Å². The number of ether oxygens (including phenoxy) is 1. The van der Waals surface area contributed by atoms with Gasteiger partial charge < -0.3 is 9.64 Å². The van der Waals surface area contributed by atoms with Gasteiger partial charge in [-0.1, -0.05) is 18.2 Å². The van der Waals surface area contributed by atoms with Crippen molar-refractivity contribution in [3.63, 3.8) is 0 Å². The highest BCUT2D eigenvalue weighted by molar-refractivity contribution is 5.84. The Bertz CT molecular complexity index is 468. The Morgan fingerprint density at radius 1 is 1.42 bits per heavy atom. The maximum absolute atomic E-state index is 12.4. The van der Waals surface area contributed by atoms with E-state index < -0.39 is 12.8 Å². The van der Waals surface area contributed by atoms with E-state index >= 15 is 0 Å². The fourth-order valence-electron chi connectivity index (χ4n) is 2.28. The molecule has 0 bridgehead atoms. The molecule has 6 heteroatoms. The first-order valence-electron chi connectivity index (χ1n) is 6.14. The molecular weight excluding hydrogens is 254 g/mol. The van der Waals surface area contributed by atoms with Crippen LogP contribution in [0.25, 0.3) is 0 Å². The number of carbonyl (C=O) groups is 1. The van der Waals surface area contributed by atoms with Crippen LogP contribution in [0.5, 0.6) is 5.75 Å². The van der Waals surface area contributed by atoms with Crippen LogP contribution in [0.3, 0.4) is 0 Å². The number of likely N-dealkylation sites (N-methyl/N-ethyl adjacent to an activating group) is 1. The number of hydrogen-bond acceptors (Lipinski definition) is 3. The summed E-state index contributed by atoms with van der Waals surface area (Å²) in [6.07, 6.45) is -0.428. The molecular formula is C13H16F2N2O2. The van der Waals surface area contributed by atoms with Crippen molar-refractivity contribution in [2.45, 2.75) is 32.7 Å². The van der Waals surface area contributed by atoms with E-state index in [1.165, 1.54) is 6.07 Å². The van der Waals surface area contributed by atoms with Gasteiger partial charge in [-0.2, -0.15) is 8.78 Å². The quantitative estimate of drug-likeness (QED) is 0.911. The molecule has 2 unspecified atom stereocenters. The number of hydrogen-bond donors (Lipinski definition) is 1. The summed E-state index contributed by atoms with van der Waals surface area (Å²) in [5, 5.41) is 3.09. The fourth-order valence-corrected chi connectivity index (χ4v) is 2.28. The van der Waals surface area contributed by atoms with E-state index in [1.807, 2.05) is 6.92 Å². The first-order chi connectivity index (χ1) is 9.04. The minimum absolute atomic E-state index is 0.0423. The second kappa shape index (κ2) is 5.52. The smallest absolute Gasteiger partial charge is 0.387 e. The molecule has 0 aliphatic carbocycles. The van der Waals surface area contributed by atoms with Crippen molar-refractivity contribution in [1.29, 1.82) is 0 Å². The summed E-state index contributed by atoms with van der Waals surface area (Å²) < 4.78 is 29.3. The van der Waals surface area contributed by atoms with Crippen molar-refractivity contribution in [2.24, 2.45) is 0 Å². The van der Waals surface area contributed by atoms with Crippen LogP contribution in [0.1, 0.15) is 25.6 Å². The lowest BCUT2D eigenvalue weighted by molar-refractivity contribution is -0.129. The Labute approximate surface area is 110 Å². The standard InChI is InChI=1S/C13H16F2N2O2/c1-3-17-11(16-8(2)12(17)18)9-6-4-5-7-10(9)19-13(14)15/h4-8,11,13,16H,3H2,1-2H3. The molecule has 1 amide bonds. The molecule has 1 heterocycles. The summed E-state index contributed by atoms with van der Waals surface area (Å²) in [6, 6.07) is 6.19. The highest BCUT2D eigenvalue weighted by Gasteiger charge is 2.37. The first kappa shape index (κ1) is 13.7. The summed E-state index contributed by atoms with van der Waals surface area (Å²) in [4.78, 5) is 13.5. The number of halogens is 2. The minimum atomic E-state index is -2.88. The lowest BCUT2D eigenvalue weighted by atomic mass is 10.1. The van der Waals surface area contributed by atoms with Gasteiger partial charge in [0.2, 0.25) is 5.91 Å². The van der Waals surface area contributed by atoms with Crippen LogP contribution in [-0.4, -0.2) is 30.0 Å². The Hall–Kier alpha value is -1.69. The minimum Gasteiger partial charge on any atom is -0.434 e. The third-order valence-electron chi connectivity index (χ3n) is 3.14. The average Bonchev–Trinajstić information content (AvgIpc) is 2.65. The molecule has 0 spiro atoms. The second-order valence-electron chi connectivity index (χ2n) is 4.33. The number of nitrogens with zero attached hydrogens (tertiary/aromatic N) is 1. The number of carbonyl (C=O) groups excluding carboxylic acids is 1. The van der Waals surface area contributed by atoms with Crippen molar-refractivity contribution in [2.75, 3.05) is 6.54 Å². The van der Waals surface area contributed by atoms with Crippen molar-refractivity contribution in [3.8, 4) is 5.75 Å². The zero-order chi connectivity index (χ0) is 14.0. The van der Waals surface area contributed by atoms with Crippen molar-refractivity contribution in [3.05, 3.63) is 29.8 Å². The molecule has 0 saturated carbocycles. The molecule has 0 aromatic heterocycles. The SMILES string of the molecule is CCN1C(=O)C(C)NC1c1ccccc1OC(F)F. The van der Waals surface area contributed by atoms with Crippen LogP contribution in [0.4, 0.5) is 8.78 Å². The molecule has 1 saturated heterocycles. The zero-order valence-corrected chi connectivity index (χ0v) is 10.8. The molecule has 0 radical (unpaired) electrons. The van der Waals surface area contributed by atoms with E-state index in [1.54, 1.807) is 30.0 Å². The number of amides is 1. The summed E-state index contributed by atoms with van der Waals surface area (Å²) in [6.45, 7) is 1.22. The van der Waals surface area contributed by atoms with Crippen molar-refractivity contribution in [1.82, 2.24) is 10.2 Å². The van der Waals surface area contributed by atoms with Gasteiger partial charge in [0, 0.05) is 12.1 Å². The van der Waals surface area contributed by atoms with Gasteiger partial charge in [-0.25, -0.2) is 0 Å². The molecule has 1 N–H and O–H groups in total. The summed E-state index contributed by atoms with van der Waals surface area (Å²) in [5.41, 5.74) is 0.544. The van der Waals surface area contributed by atoms with Gasteiger partial charge in [-0.05, 0) is 19.9 Å². The lowest BCUT2D eigenvalue weighted by Gasteiger charge is -2.24. The van der Waals surface area contributed by atoms with Crippen LogP contribution < -0.4 is 10.1 Å². The Kier molecular flexibility index (Phi) is 3.99. The molecule has 2 atom stereocenters. The Morgan fingerprint density at radius 2 is 2.11 bits per heavy atom. The van der Waals surface area contributed by atoms with E-state index in [9.17, 15) is 13.6 Å². The zero-order valence-electron chi connectivity index (χ0n) is 10.8. The van der Waals surface area contributed by atoms with Gasteiger partial charge in [0.25, 0.3) is 0 Å². The van der Waals surface area contributed by atoms with Crippen LogP contribution in [0.2, 0.25) is 0 Å². The average molecular weight is 270 g/mol. The van der Waals surface area contributed by atoms with E-state index in [0.717, 1.165) is 0 Å². The van der Waals surface area contributed by atoms with Gasteiger partial charge in [-0.3, -0.25) is 10.1 Å². The third kappa shape index (κ3) is 2.68. The Balaban J connectivity index is 2.33. The molecule has 1 aliphatic rings. The molecule has 104 valence electrons. The normalized spacial score (nSPS) is 23.2. The molecule has 1 aromatic rings. The predicted octanol–water partition coefficient (Wildman–Crippen LogP) is 2.13. The predicted molar refractivity (Wildman–Crippen MR) is 65.8 cm³/mol. The molecule has 1 aliphatic heterocycles. The van der Waals surface area contributed by atoms with Crippen molar-refractivity contribution < 1.29 is 18.3 Å². The summed E-state index contributed by atoms with van der Waals surface area (Å²) in [5.74, 6) is 0.0506. The van der Waals surface area contributed by atoms with Crippen LogP contribution in [0.15, 0.2) is 24.3 Å². The lowest BCUT2D eigenvalue weighted by Crippen LogP contribution is -2.30. The van der Waals surface area contributed by atoms with E-state index in [0.29, 0.717) is 12.1 Å². The largest absolute Gasteiger partial charge is 0.434 e. The van der Waals surface area contributed by atoms with Gasteiger partial charge >= 0.3 is 6.61 Å². The van der Waals surface area contributed by atoms with Gasteiger partial charge in [0.15, 0.2) is 0 Å². The molecule has 2 rings (SSSR count). The number of benzene rings is 1. The van der Waals surface area contributed by atoms with Gasteiger partial charge in [0.1, 0.15) is 11.9 Å². The monoisotopic (exact) mass is 270 g/mol. The van der Waals surface area contributed by atoms with E-state index in [4.69, 9.17) is 0 Å². The number of alkyl halides is 2. The Morgan fingerprint density at radius 3 is 2.74 bits per heavy atom. The molecule has 1 fully saturated rings. The maximum atomic E-state index is 12.4. The molecule has 1 aromatic carbocycles. The van der Waals surface area contributed by atoms with E-state index in [-0.39, 0.29) is 17.7 Å². The first-order valence-corrected chi connectivity index (χ1v) is 6.14. The van der Waals surface area contributed by atoms with E-state index in [2.05, 4.69) is 10.1 Å². The highest BCUT2D eigenvalue weighted by atomic mass is 19.3.